The van der Waals surface area contributed by atoms with Crippen molar-refractivity contribution in [2.45, 2.75) is 28.9 Å². The largest absolute Gasteiger partial charge is 0.465 e. The van der Waals surface area contributed by atoms with Crippen LogP contribution >= 0.6 is 31.9 Å². The Morgan fingerprint density at radius 1 is 0.939 bits per heavy atom. The van der Waals surface area contributed by atoms with Crippen LogP contribution in [0.1, 0.15) is 6.92 Å². The smallest absolute Gasteiger partial charge is 0.425 e. The maximum Gasteiger partial charge on any atom is 0.425 e. The van der Waals surface area contributed by atoms with Crippen LogP contribution in [-0.2, 0) is 9.59 Å². The number of amides is 2. The number of aromatic nitrogens is 3. The summed E-state index contributed by atoms with van der Waals surface area (Å²) in [5.74, 6) is -5.58. The summed E-state index contributed by atoms with van der Waals surface area (Å²) in [6.07, 6.45) is -3.79. The third kappa shape index (κ3) is 7.21. The predicted octanol–water partition coefficient (Wildman–Crippen LogP) is 4.53. The van der Waals surface area contributed by atoms with Crippen LogP contribution in [-0.4, -0.2) is 53.7 Å². The van der Waals surface area contributed by atoms with Gasteiger partial charge in [-0.25, -0.2) is 9.97 Å². The van der Waals surface area contributed by atoms with E-state index in [1.807, 2.05) is 0 Å². The minimum atomic E-state index is -4.59. The van der Waals surface area contributed by atoms with E-state index in [1.54, 1.807) is 37.3 Å². The first-order chi connectivity index (χ1) is 15.0. The van der Waals surface area contributed by atoms with Crippen molar-refractivity contribution in [2.75, 3.05) is 5.43 Å². The second-order valence-electron chi connectivity index (χ2n) is 6.03. The number of hydrazine groups is 1. The number of carbonyl (C=O) groups excluding carboxylic acids is 2. The van der Waals surface area contributed by atoms with Gasteiger partial charge in [0.15, 0.2) is 11.9 Å². The van der Waals surface area contributed by atoms with E-state index in [0.717, 1.165) is 31.6 Å². The third-order valence-electron chi connectivity index (χ3n) is 3.56. The number of hydrogen-bond acceptors (Lipinski definition) is 7. The van der Waals surface area contributed by atoms with Crippen molar-refractivity contribution in [1.29, 1.82) is 0 Å². The number of ether oxygens (including phenoxy) is 1. The normalized spacial score (nSPS) is 13.3. The highest BCUT2D eigenvalue weighted by Crippen LogP contribution is 2.30. The Labute approximate surface area is 196 Å². The van der Waals surface area contributed by atoms with Crippen LogP contribution in [0, 0.1) is 0 Å². The van der Waals surface area contributed by atoms with E-state index in [-0.39, 0.29) is 17.1 Å². The number of pyridine rings is 1. The molecule has 0 unspecified atom stereocenters. The standard InChI is InChI=1S/C16H10Br2F7N5O3/c1-7(16(23,24)25)33-11-3-2-8(4-28-11)9-5-27-10(6-26-9)29-30(12(31)14(17,19)20)13(32)15(18,21)22/h2-7H,1H3,(H,27,29)/t7-/m1/s1. The van der Waals surface area contributed by atoms with Gasteiger partial charge in [-0.3, -0.25) is 20.0 Å². The summed E-state index contributed by atoms with van der Waals surface area (Å²) in [5, 5.41) is -0.650. The van der Waals surface area contributed by atoms with Crippen molar-refractivity contribution < 1.29 is 45.1 Å². The first-order valence-corrected chi connectivity index (χ1v) is 9.89. The molecule has 0 saturated carbocycles. The lowest BCUT2D eigenvalue weighted by Gasteiger charge is -2.25. The molecule has 0 aliphatic heterocycles. The molecule has 2 rings (SSSR count). The maximum absolute atomic E-state index is 13.2. The van der Waals surface area contributed by atoms with E-state index >= 15 is 0 Å². The highest BCUT2D eigenvalue weighted by molar-refractivity contribution is 9.10. The van der Waals surface area contributed by atoms with Crippen molar-refractivity contribution in [3.8, 4) is 17.1 Å². The summed E-state index contributed by atoms with van der Waals surface area (Å²) in [7, 11) is 0. The number of alkyl halides is 9. The molecule has 2 aromatic heterocycles. The lowest BCUT2D eigenvalue weighted by atomic mass is 10.2. The molecular formula is C16H10Br2F7N5O3. The van der Waals surface area contributed by atoms with Gasteiger partial charge in [0.2, 0.25) is 5.88 Å². The summed E-state index contributed by atoms with van der Waals surface area (Å²) in [6.45, 7) is 0.794. The number of hydrogen-bond donors (Lipinski definition) is 1. The van der Waals surface area contributed by atoms with Gasteiger partial charge in [0.25, 0.3) is 0 Å². The van der Waals surface area contributed by atoms with Crippen LogP contribution in [0.15, 0.2) is 30.7 Å². The minimum Gasteiger partial charge on any atom is -0.465 e. The monoisotopic (exact) mass is 611 g/mol. The molecule has 0 aliphatic carbocycles. The quantitative estimate of drug-likeness (QED) is 0.279. The molecule has 2 heterocycles. The van der Waals surface area contributed by atoms with E-state index in [4.69, 9.17) is 0 Å². The van der Waals surface area contributed by atoms with Crippen LogP contribution in [0.4, 0.5) is 36.6 Å². The summed E-state index contributed by atoms with van der Waals surface area (Å²) >= 11 is 3.35. The van der Waals surface area contributed by atoms with E-state index in [9.17, 15) is 40.3 Å². The minimum absolute atomic E-state index is 0.0734. The molecule has 0 aromatic carbocycles. The average molecular weight is 613 g/mol. The third-order valence-corrected chi connectivity index (χ3v) is 4.24. The van der Waals surface area contributed by atoms with E-state index in [0.29, 0.717) is 0 Å². The molecule has 0 fully saturated rings. The second-order valence-corrected chi connectivity index (χ2v) is 8.02. The van der Waals surface area contributed by atoms with Gasteiger partial charge in [-0.05, 0) is 13.0 Å². The summed E-state index contributed by atoms with van der Waals surface area (Å²) in [4.78, 5) is 25.8. The molecule has 180 valence electrons. The first-order valence-electron chi connectivity index (χ1n) is 8.31. The number of carbonyl (C=O) groups is 2. The molecule has 1 atom stereocenters. The fraction of sp³-hybridized carbons (Fsp3) is 0.312. The van der Waals surface area contributed by atoms with Crippen molar-refractivity contribution in [3.63, 3.8) is 0 Å². The summed E-state index contributed by atoms with van der Waals surface area (Å²) in [6, 6.07) is 2.42. The van der Waals surface area contributed by atoms with Crippen molar-refractivity contribution >= 4 is 49.5 Å². The topological polar surface area (TPSA) is 97.3 Å². The number of halogens is 9. The second kappa shape index (κ2) is 9.74. The number of anilines is 1. The van der Waals surface area contributed by atoms with Gasteiger partial charge in [0, 0.05) is 49.7 Å². The molecule has 33 heavy (non-hydrogen) atoms. The van der Waals surface area contributed by atoms with E-state index < -0.39 is 44.6 Å². The van der Waals surface area contributed by atoms with Crippen LogP contribution in [0.2, 0.25) is 0 Å². The zero-order valence-corrected chi connectivity index (χ0v) is 19.1. The first kappa shape index (κ1) is 26.7. The number of imide groups is 1. The zero-order chi connectivity index (χ0) is 25.2. The fourth-order valence-corrected chi connectivity index (χ4v) is 2.30. The average Bonchev–Trinajstić information content (AvgIpc) is 2.70. The molecule has 0 spiro atoms. The van der Waals surface area contributed by atoms with Gasteiger partial charge < -0.3 is 4.74 Å². The van der Waals surface area contributed by atoms with Gasteiger partial charge in [0.05, 0.1) is 18.1 Å². The van der Waals surface area contributed by atoms with Crippen LogP contribution in [0.5, 0.6) is 5.88 Å². The van der Waals surface area contributed by atoms with Crippen molar-refractivity contribution in [3.05, 3.63) is 30.7 Å². The van der Waals surface area contributed by atoms with Gasteiger partial charge in [-0.15, -0.1) is 0 Å². The zero-order valence-electron chi connectivity index (χ0n) is 15.9. The van der Waals surface area contributed by atoms with Crippen LogP contribution in [0.3, 0.4) is 0 Å². The Morgan fingerprint density at radius 3 is 1.91 bits per heavy atom. The van der Waals surface area contributed by atoms with Gasteiger partial charge in [-0.2, -0.15) is 35.7 Å². The lowest BCUT2D eigenvalue weighted by molar-refractivity contribution is -0.190. The van der Waals surface area contributed by atoms with Crippen LogP contribution < -0.4 is 10.2 Å². The molecule has 0 aliphatic rings. The summed E-state index contributed by atoms with van der Waals surface area (Å²) in [5.41, 5.74) is 2.03. The Bertz CT molecular complexity index is 970. The number of rotatable bonds is 7. The highest BCUT2D eigenvalue weighted by atomic mass is 79.9. The molecule has 0 bridgehead atoms. The molecule has 0 radical (unpaired) electrons. The summed E-state index contributed by atoms with van der Waals surface area (Å²) < 4.78 is 95.2. The molecule has 2 amide bonds. The number of nitrogens with zero attached hydrogens (tertiary/aromatic N) is 4. The maximum atomic E-state index is 13.2. The molecule has 8 nitrogen and oxygen atoms in total. The predicted molar refractivity (Wildman–Crippen MR) is 105 cm³/mol. The van der Waals surface area contributed by atoms with Gasteiger partial charge in [-0.1, -0.05) is 0 Å². The van der Waals surface area contributed by atoms with E-state index in [1.165, 1.54) is 6.07 Å². The molecule has 1 N–H and O–H groups in total. The van der Waals surface area contributed by atoms with Crippen molar-refractivity contribution in [1.82, 2.24) is 20.0 Å². The SMILES string of the molecule is C[C@@H](Oc1ccc(-c2cnc(NN(C(=O)C(F)(F)Br)C(=O)C(F)(F)Br)cn2)cn1)C(F)(F)F. The molecule has 17 heteroatoms. The Hall–Kier alpha value is -2.56. The van der Waals surface area contributed by atoms with Crippen molar-refractivity contribution in [2.24, 2.45) is 0 Å². The van der Waals surface area contributed by atoms with E-state index in [2.05, 4.69) is 19.7 Å². The number of nitrogens with one attached hydrogen (secondary N) is 1. The Kier molecular flexibility index (Phi) is 7.88. The fourth-order valence-electron chi connectivity index (χ4n) is 1.95. The molecule has 0 saturated heterocycles. The highest BCUT2D eigenvalue weighted by Gasteiger charge is 2.49. The molecule has 2 aromatic rings. The van der Waals surface area contributed by atoms with Gasteiger partial charge in [0.1, 0.15) is 0 Å². The van der Waals surface area contributed by atoms with Crippen LogP contribution in [0.25, 0.3) is 11.3 Å². The molecular weight excluding hydrogens is 603 g/mol. The Morgan fingerprint density at radius 2 is 1.52 bits per heavy atom. The lowest BCUT2D eigenvalue weighted by Crippen LogP contribution is -2.52. The Balaban J connectivity index is 2.19. The van der Waals surface area contributed by atoms with Gasteiger partial charge >= 0.3 is 27.7 Å².